The van der Waals surface area contributed by atoms with Gasteiger partial charge in [0.05, 0.1) is 0 Å². The Morgan fingerprint density at radius 2 is 2.67 bits per heavy atom. The summed E-state index contributed by atoms with van der Waals surface area (Å²) in [5.41, 5.74) is 1.63. The fourth-order valence-electron chi connectivity index (χ4n) is 0.892. The van der Waals surface area contributed by atoms with E-state index in [1.165, 1.54) is 6.32 Å². The van der Waals surface area contributed by atoms with Crippen LogP contribution < -0.4 is 0 Å². The fourth-order valence-corrected chi connectivity index (χ4v) is 0.892. The Kier molecular flexibility index (Phi) is 0.279. The average molecular weight is 75.9 g/mol. The van der Waals surface area contributed by atoms with E-state index in [0.717, 1.165) is 6.71 Å². The van der Waals surface area contributed by atoms with Crippen molar-refractivity contribution in [1.29, 1.82) is 0 Å². The van der Waals surface area contributed by atoms with Gasteiger partial charge in [0.25, 0.3) is 0 Å². The first-order valence-corrected chi connectivity index (χ1v) is 2.34. The number of fused-ring (bicyclic) bond motifs is 1. The highest BCUT2D eigenvalue weighted by molar-refractivity contribution is 6.85. The lowest BCUT2D eigenvalue weighted by Gasteiger charge is -1.59. The summed E-state index contributed by atoms with van der Waals surface area (Å²) in [6, 6.07) is 0. The van der Waals surface area contributed by atoms with Crippen LogP contribution in [0.4, 0.5) is 0 Å². The van der Waals surface area contributed by atoms with E-state index in [0.29, 0.717) is 0 Å². The molecule has 28 valence electrons. The van der Waals surface area contributed by atoms with Gasteiger partial charge in [0.1, 0.15) is 0 Å². The maximum Gasteiger partial charge on any atom is 0.198 e. The highest BCUT2D eigenvalue weighted by Crippen LogP contribution is 2.33. The predicted molar refractivity (Wildman–Crippen MR) is 27.8 cm³/mol. The van der Waals surface area contributed by atoms with Gasteiger partial charge in [-0.15, -0.1) is 11.4 Å². The maximum absolute atomic E-state index is 2.26. The zero-order valence-electron chi connectivity index (χ0n) is 3.52. The number of hydrogen-bond acceptors (Lipinski definition) is 0. The first kappa shape index (κ1) is 2.67. The molecule has 2 aliphatic rings. The Hall–Kier alpha value is -0.455. The summed E-state index contributed by atoms with van der Waals surface area (Å²) in [7, 11) is 0. The van der Waals surface area contributed by atoms with Gasteiger partial charge in [-0.05, 0) is 0 Å². The molecule has 0 aromatic rings. The Labute approximate surface area is 37.6 Å². The highest BCUT2D eigenvalue weighted by Gasteiger charge is 2.32. The van der Waals surface area contributed by atoms with Gasteiger partial charge < -0.3 is 0 Å². The van der Waals surface area contributed by atoms with Crippen LogP contribution in [0.1, 0.15) is 0 Å². The van der Waals surface area contributed by atoms with Crippen molar-refractivity contribution in [1.82, 2.24) is 0 Å². The van der Waals surface area contributed by atoms with E-state index in [2.05, 4.69) is 18.1 Å². The van der Waals surface area contributed by atoms with Gasteiger partial charge >= 0.3 is 0 Å². The number of hydrogen-bond donors (Lipinski definition) is 0. The molecule has 6 heavy (non-hydrogen) atoms. The van der Waals surface area contributed by atoms with Crippen molar-refractivity contribution in [2.75, 3.05) is 0 Å². The second-order valence-electron chi connectivity index (χ2n) is 1.94. The van der Waals surface area contributed by atoms with Crippen LogP contribution in [0.2, 0.25) is 6.32 Å². The Morgan fingerprint density at radius 3 is 2.83 bits per heavy atom. The van der Waals surface area contributed by atoms with Crippen LogP contribution in [0.15, 0.2) is 23.6 Å². The van der Waals surface area contributed by atoms with Crippen LogP contribution >= 0.6 is 0 Å². The largest absolute Gasteiger partial charge is 0.198 e. The van der Waals surface area contributed by atoms with Crippen LogP contribution in [-0.4, -0.2) is 6.71 Å². The molecule has 1 saturated heterocycles. The van der Waals surface area contributed by atoms with Crippen LogP contribution in [0, 0.1) is 0 Å². The van der Waals surface area contributed by atoms with Crippen molar-refractivity contribution < 1.29 is 0 Å². The molecule has 1 fully saturated rings. The molecule has 2 rings (SSSR count). The lowest BCUT2D eigenvalue weighted by Crippen LogP contribution is -1.70. The first-order valence-electron chi connectivity index (χ1n) is 2.34. The smallest absolute Gasteiger partial charge is 0.110 e. The SMILES string of the molecule is C1=CB2CC2=C1. The second kappa shape index (κ2) is 0.627. The predicted octanol–water partition coefficient (Wildman–Crippen LogP) is 1.07. The average Bonchev–Trinajstić information content (AvgIpc) is 2.17. The third kappa shape index (κ3) is 0.172. The van der Waals surface area contributed by atoms with Crippen molar-refractivity contribution >= 4 is 6.71 Å². The van der Waals surface area contributed by atoms with Crippen LogP contribution in [-0.2, 0) is 0 Å². The summed E-state index contributed by atoms with van der Waals surface area (Å²) in [5.74, 6) is 2.26. The fraction of sp³-hybridized carbons (Fsp3) is 0.200. The van der Waals surface area contributed by atoms with Gasteiger partial charge in [-0.2, -0.15) is 0 Å². The Morgan fingerprint density at radius 1 is 1.67 bits per heavy atom. The van der Waals surface area contributed by atoms with E-state index in [1.54, 1.807) is 5.47 Å². The van der Waals surface area contributed by atoms with E-state index in [-0.39, 0.29) is 0 Å². The Balaban J connectivity index is 2.50. The summed E-state index contributed by atoms with van der Waals surface area (Å²) in [5, 5.41) is 0. The van der Waals surface area contributed by atoms with E-state index < -0.39 is 0 Å². The van der Waals surface area contributed by atoms with Gasteiger partial charge in [-0.3, -0.25) is 0 Å². The summed E-state index contributed by atoms with van der Waals surface area (Å²) < 4.78 is 0. The van der Waals surface area contributed by atoms with Gasteiger partial charge in [-0.1, -0.05) is 18.5 Å². The van der Waals surface area contributed by atoms with Crippen molar-refractivity contribution in [2.45, 2.75) is 6.32 Å². The molecule has 0 bridgehead atoms. The van der Waals surface area contributed by atoms with Crippen LogP contribution in [0.5, 0.6) is 0 Å². The monoisotopic (exact) mass is 76.0 g/mol. The molecular formula is C5H5B. The van der Waals surface area contributed by atoms with Crippen molar-refractivity contribution in [3.05, 3.63) is 23.6 Å². The molecule has 0 N–H and O–H groups in total. The third-order valence-electron chi connectivity index (χ3n) is 1.43. The molecular weight excluding hydrogens is 70.9 g/mol. The third-order valence-corrected chi connectivity index (χ3v) is 1.43. The summed E-state index contributed by atoms with van der Waals surface area (Å²) >= 11 is 0. The van der Waals surface area contributed by atoms with E-state index in [1.807, 2.05) is 0 Å². The summed E-state index contributed by atoms with van der Waals surface area (Å²) in [6.07, 6.45) is 5.71. The molecule has 0 aromatic heterocycles. The standard InChI is InChI=1S/C5H5B/c1-2-5-4-6(5)3-1/h1-3H,4H2. The topological polar surface area (TPSA) is 0 Å². The van der Waals surface area contributed by atoms with Crippen LogP contribution in [0.3, 0.4) is 0 Å². The molecule has 0 atom stereocenters. The molecule has 0 spiro atoms. The van der Waals surface area contributed by atoms with Gasteiger partial charge in [0.15, 0.2) is 6.71 Å². The maximum atomic E-state index is 2.26. The molecule has 0 saturated carbocycles. The van der Waals surface area contributed by atoms with Gasteiger partial charge in [0.2, 0.25) is 0 Å². The molecule has 0 amide bonds. The minimum atomic E-state index is 0.894. The highest BCUT2D eigenvalue weighted by atomic mass is 14.0. The zero-order chi connectivity index (χ0) is 3.98. The van der Waals surface area contributed by atoms with Crippen LogP contribution in [0.25, 0.3) is 0 Å². The van der Waals surface area contributed by atoms with E-state index in [9.17, 15) is 0 Å². The first-order chi connectivity index (χ1) is 2.97. The lowest BCUT2D eigenvalue weighted by atomic mass is 9.72. The zero-order valence-corrected chi connectivity index (χ0v) is 3.52. The quantitative estimate of drug-likeness (QED) is 0.378. The molecule has 1 heteroatoms. The van der Waals surface area contributed by atoms with Crippen molar-refractivity contribution in [2.24, 2.45) is 0 Å². The van der Waals surface area contributed by atoms with Gasteiger partial charge in [0, 0.05) is 0 Å². The molecule has 0 unspecified atom stereocenters. The molecule has 0 radical (unpaired) electrons. The molecule has 0 aliphatic carbocycles. The molecule has 2 aliphatic heterocycles. The molecule has 0 aromatic carbocycles. The normalized spacial score (nSPS) is 24.0. The van der Waals surface area contributed by atoms with Gasteiger partial charge in [-0.25, -0.2) is 0 Å². The molecule has 2 heterocycles. The van der Waals surface area contributed by atoms with E-state index in [4.69, 9.17) is 0 Å². The van der Waals surface area contributed by atoms with Crippen molar-refractivity contribution in [3.63, 3.8) is 0 Å². The minimum absolute atomic E-state index is 0.894. The van der Waals surface area contributed by atoms with E-state index >= 15 is 0 Å². The minimum Gasteiger partial charge on any atom is -0.110 e. The summed E-state index contributed by atoms with van der Waals surface area (Å²) in [4.78, 5) is 0. The molecule has 0 nitrogen and oxygen atoms in total. The number of allylic oxidation sites excluding steroid dienone is 3. The Bertz CT molecular complexity index is 133. The summed E-state index contributed by atoms with van der Waals surface area (Å²) in [6.45, 7) is 0.894. The second-order valence-corrected chi connectivity index (χ2v) is 1.94. The van der Waals surface area contributed by atoms with Crippen molar-refractivity contribution in [3.8, 4) is 0 Å². The number of rotatable bonds is 0. The lowest BCUT2D eigenvalue weighted by molar-refractivity contribution is 1.81.